The summed E-state index contributed by atoms with van der Waals surface area (Å²) in [4.78, 5) is 16.7. The third kappa shape index (κ3) is 8.39. The molecular formula is C16H34N4O. The van der Waals surface area contributed by atoms with E-state index in [1.165, 1.54) is 12.8 Å². The lowest BCUT2D eigenvalue weighted by molar-refractivity contribution is -0.121. The van der Waals surface area contributed by atoms with Gasteiger partial charge in [-0.3, -0.25) is 9.69 Å². The van der Waals surface area contributed by atoms with Crippen LogP contribution in [0.4, 0.5) is 0 Å². The predicted molar refractivity (Wildman–Crippen MR) is 88.3 cm³/mol. The summed E-state index contributed by atoms with van der Waals surface area (Å²) in [5.74, 6) is 0.811. The second-order valence-electron chi connectivity index (χ2n) is 6.27. The van der Waals surface area contributed by atoms with Gasteiger partial charge < -0.3 is 16.0 Å². The van der Waals surface area contributed by atoms with Crippen LogP contribution in [0.1, 0.15) is 39.0 Å². The molecule has 1 rings (SSSR count). The summed E-state index contributed by atoms with van der Waals surface area (Å²) >= 11 is 0. The molecule has 0 saturated carbocycles. The quantitative estimate of drug-likeness (QED) is 0.629. The molecule has 5 heteroatoms. The van der Waals surface area contributed by atoms with Crippen LogP contribution in [-0.2, 0) is 4.79 Å². The minimum Gasteiger partial charge on any atom is -0.355 e. The van der Waals surface area contributed by atoms with E-state index in [0.29, 0.717) is 12.3 Å². The third-order valence-electron chi connectivity index (χ3n) is 4.40. The molecule has 3 N–H and O–H groups in total. The van der Waals surface area contributed by atoms with E-state index in [2.05, 4.69) is 29.1 Å². The average molecular weight is 298 g/mol. The van der Waals surface area contributed by atoms with Crippen molar-refractivity contribution < 1.29 is 4.79 Å². The van der Waals surface area contributed by atoms with E-state index in [1.54, 1.807) is 0 Å². The van der Waals surface area contributed by atoms with Gasteiger partial charge in [0.25, 0.3) is 0 Å². The van der Waals surface area contributed by atoms with Gasteiger partial charge in [-0.15, -0.1) is 0 Å². The van der Waals surface area contributed by atoms with Crippen LogP contribution >= 0.6 is 0 Å². The summed E-state index contributed by atoms with van der Waals surface area (Å²) in [5.41, 5.74) is 5.63. The molecule has 1 aliphatic heterocycles. The largest absolute Gasteiger partial charge is 0.355 e. The lowest BCUT2D eigenvalue weighted by Crippen LogP contribution is -2.46. The highest BCUT2D eigenvalue weighted by Crippen LogP contribution is 2.16. The first-order valence-corrected chi connectivity index (χ1v) is 8.53. The molecule has 1 fully saturated rings. The van der Waals surface area contributed by atoms with E-state index >= 15 is 0 Å². The van der Waals surface area contributed by atoms with Crippen LogP contribution in [0.2, 0.25) is 0 Å². The first-order chi connectivity index (χ1) is 10.2. The Labute approximate surface area is 130 Å². The highest BCUT2D eigenvalue weighted by Gasteiger charge is 2.14. The Morgan fingerprint density at radius 3 is 2.52 bits per heavy atom. The topological polar surface area (TPSA) is 61.6 Å². The molecule has 0 bridgehead atoms. The number of amides is 1. The molecule has 0 radical (unpaired) electrons. The Balaban J connectivity index is 2.07. The lowest BCUT2D eigenvalue weighted by Gasteiger charge is -2.32. The van der Waals surface area contributed by atoms with Crippen molar-refractivity contribution in [2.24, 2.45) is 11.7 Å². The minimum atomic E-state index is 0.197. The zero-order valence-corrected chi connectivity index (χ0v) is 13.9. The van der Waals surface area contributed by atoms with Gasteiger partial charge in [0.1, 0.15) is 0 Å². The number of carbonyl (C=O) groups is 1. The molecular weight excluding hydrogens is 264 g/mol. The summed E-state index contributed by atoms with van der Waals surface area (Å²) in [7, 11) is 2.16. The zero-order chi connectivity index (χ0) is 15.5. The SMILES string of the molecule is CCCC(CCN)CCC(=O)NCCN1CCN(C)CC1. The van der Waals surface area contributed by atoms with Gasteiger partial charge in [-0.05, 0) is 32.4 Å². The average Bonchev–Trinajstić information content (AvgIpc) is 2.47. The van der Waals surface area contributed by atoms with Crippen LogP contribution in [0, 0.1) is 5.92 Å². The maximum Gasteiger partial charge on any atom is 0.220 e. The molecule has 1 saturated heterocycles. The van der Waals surface area contributed by atoms with Gasteiger partial charge in [-0.1, -0.05) is 19.8 Å². The van der Waals surface area contributed by atoms with Crippen molar-refractivity contribution >= 4 is 5.91 Å². The van der Waals surface area contributed by atoms with Crippen LogP contribution in [0.5, 0.6) is 0 Å². The fourth-order valence-corrected chi connectivity index (χ4v) is 2.93. The number of hydrogen-bond donors (Lipinski definition) is 2. The number of hydrogen-bond acceptors (Lipinski definition) is 4. The highest BCUT2D eigenvalue weighted by atomic mass is 16.1. The van der Waals surface area contributed by atoms with E-state index in [4.69, 9.17) is 5.73 Å². The number of nitrogens with two attached hydrogens (primary N) is 1. The number of rotatable bonds is 10. The van der Waals surface area contributed by atoms with Crippen molar-refractivity contribution in [1.29, 1.82) is 0 Å². The molecule has 1 heterocycles. The van der Waals surface area contributed by atoms with Crippen LogP contribution in [0.25, 0.3) is 0 Å². The zero-order valence-electron chi connectivity index (χ0n) is 13.9. The molecule has 1 unspecified atom stereocenters. The molecule has 5 nitrogen and oxygen atoms in total. The first-order valence-electron chi connectivity index (χ1n) is 8.53. The van der Waals surface area contributed by atoms with Gasteiger partial charge in [-0.25, -0.2) is 0 Å². The molecule has 0 aromatic rings. The Kier molecular flexibility index (Phi) is 9.63. The first kappa shape index (κ1) is 18.4. The molecule has 1 aliphatic rings. The maximum atomic E-state index is 11.9. The van der Waals surface area contributed by atoms with E-state index in [1.807, 2.05) is 0 Å². The van der Waals surface area contributed by atoms with Crippen molar-refractivity contribution in [2.75, 3.05) is 52.9 Å². The van der Waals surface area contributed by atoms with Crippen LogP contribution in [0.15, 0.2) is 0 Å². The Morgan fingerprint density at radius 1 is 1.19 bits per heavy atom. The smallest absolute Gasteiger partial charge is 0.220 e. The second-order valence-corrected chi connectivity index (χ2v) is 6.27. The molecule has 1 atom stereocenters. The third-order valence-corrected chi connectivity index (χ3v) is 4.40. The summed E-state index contributed by atoms with van der Waals surface area (Å²) in [6.45, 7) is 9.16. The number of nitrogens with zero attached hydrogens (tertiary/aromatic N) is 2. The molecule has 0 aromatic carbocycles. The minimum absolute atomic E-state index is 0.197. The van der Waals surface area contributed by atoms with Crippen LogP contribution in [0.3, 0.4) is 0 Å². The fourth-order valence-electron chi connectivity index (χ4n) is 2.93. The van der Waals surface area contributed by atoms with Crippen molar-refractivity contribution in [3.05, 3.63) is 0 Å². The number of nitrogens with one attached hydrogen (secondary N) is 1. The van der Waals surface area contributed by atoms with Crippen molar-refractivity contribution in [1.82, 2.24) is 15.1 Å². The van der Waals surface area contributed by atoms with Gasteiger partial charge in [0.2, 0.25) is 5.91 Å². The second kappa shape index (κ2) is 11.0. The van der Waals surface area contributed by atoms with Crippen LogP contribution < -0.4 is 11.1 Å². The summed E-state index contributed by atoms with van der Waals surface area (Å²) in [6, 6.07) is 0. The van der Waals surface area contributed by atoms with Crippen molar-refractivity contribution in [3.63, 3.8) is 0 Å². The monoisotopic (exact) mass is 298 g/mol. The number of likely N-dealkylation sites (N-methyl/N-ethyl adjacent to an activating group) is 1. The fraction of sp³-hybridized carbons (Fsp3) is 0.938. The van der Waals surface area contributed by atoms with Gasteiger partial charge in [0.05, 0.1) is 0 Å². The predicted octanol–water partition coefficient (Wildman–Crippen LogP) is 0.895. The summed E-state index contributed by atoms with van der Waals surface area (Å²) < 4.78 is 0. The summed E-state index contributed by atoms with van der Waals surface area (Å²) in [6.07, 6.45) is 5.03. The van der Waals surface area contributed by atoms with E-state index in [9.17, 15) is 4.79 Å². The Hall–Kier alpha value is -0.650. The molecule has 0 aliphatic carbocycles. The normalized spacial score (nSPS) is 18.6. The highest BCUT2D eigenvalue weighted by molar-refractivity contribution is 5.75. The molecule has 1 amide bonds. The molecule has 21 heavy (non-hydrogen) atoms. The molecule has 0 aromatic heterocycles. The maximum absolute atomic E-state index is 11.9. The Morgan fingerprint density at radius 2 is 1.90 bits per heavy atom. The number of piperazine rings is 1. The molecule has 124 valence electrons. The van der Waals surface area contributed by atoms with Gasteiger partial charge in [-0.2, -0.15) is 0 Å². The molecule has 0 spiro atoms. The standard InChI is InChI=1S/C16H34N4O/c1-3-4-15(7-8-17)5-6-16(21)18-9-10-20-13-11-19(2)12-14-20/h15H,3-14,17H2,1-2H3,(H,18,21). The van der Waals surface area contributed by atoms with Gasteiger partial charge in [0, 0.05) is 45.7 Å². The van der Waals surface area contributed by atoms with Crippen molar-refractivity contribution in [3.8, 4) is 0 Å². The number of carbonyl (C=O) groups excluding carboxylic acids is 1. The van der Waals surface area contributed by atoms with Crippen LogP contribution in [-0.4, -0.2) is 68.6 Å². The lowest BCUT2D eigenvalue weighted by atomic mass is 9.94. The van der Waals surface area contributed by atoms with E-state index in [0.717, 1.165) is 58.7 Å². The van der Waals surface area contributed by atoms with Gasteiger partial charge in [0.15, 0.2) is 0 Å². The summed E-state index contributed by atoms with van der Waals surface area (Å²) in [5, 5.41) is 3.06. The van der Waals surface area contributed by atoms with Gasteiger partial charge >= 0.3 is 0 Å². The van der Waals surface area contributed by atoms with E-state index < -0.39 is 0 Å². The van der Waals surface area contributed by atoms with E-state index in [-0.39, 0.29) is 5.91 Å². The van der Waals surface area contributed by atoms with Crippen molar-refractivity contribution in [2.45, 2.75) is 39.0 Å². The Bertz CT molecular complexity index is 271.